The number of hydrogen-bond donors (Lipinski definition) is 2. The molecule has 0 saturated heterocycles. The normalized spacial score (nSPS) is 18.4. The lowest BCUT2D eigenvalue weighted by atomic mass is 10.2. The van der Waals surface area contributed by atoms with Gasteiger partial charge in [-0.25, -0.2) is 13.1 Å². The van der Waals surface area contributed by atoms with Gasteiger partial charge in [0.2, 0.25) is 10.0 Å². The maximum Gasteiger partial charge on any atom is 0.265 e. The number of hydrogen-bond acceptors (Lipinski definition) is 4. The van der Waals surface area contributed by atoms with Crippen molar-refractivity contribution in [3.63, 3.8) is 0 Å². The Morgan fingerprint density at radius 1 is 1.42 bits per heavy atom. The van der Waals surface area contributed by atoms with E-state index >= 15 is 0 Å². The minimum Gasteiger partial charge on any atom is -0.479 e. The van der Waals surface area contributed by atoms with Crippen molar-refractivity contribution in [2.75, 3.05) is 11.9 Å². The molecule has 1 aliphatic heterocycles. The average Bonchev–Trinajstić information content (AvgIpc) is 2.37. The van der Waals surface area contributed by atoms with Crippen molar-refractivity contribution >= 4 is 21.6 Å². The van der Waals surface area contributed by atoms with Crippen LogP contribution in [0.4, 0.5) is 5.69 Å². The quantitative estimate of drug-likeness (QED) is 0.867. The van der Waals surface area contributed by atoms with E-state index in [0.29, 0.717) is 24.4 Å². The third-order valence-corrected chi connectivity index (χ3v) is 4.20. The minimum absolute atomic E-state index is 0.128. The van der Waals surface area contributed by atoms with E-state index in [0.717, 1.165) is 0 Å². The summed E-state index contributed by atoms with van der Waals surface area (Å²) >= 11 is 0. The van der Waals surface area contributed by atoms with Gasteiger partial charge in [-0.2, -0.15) is 0 Å². The van der Waals surface area contributed by atoms with E-state index in [1.807, 2.05) is 6.92 Å². The summed E-state index contributed by atoms with van der Waals surface area (Å²) in [5.41, 5.74) is 0.484. The first-order valence-corrected chi connectivity index (χ1v) is 7.53. The highest BCUT2D eigenvalue weighted by Gasteiger charge is 2.25. The smallest absolute Gasteiger partial charge is 0.265 e. The van der Waals surface area contributed by atoms with E-state index in [1.165, 1.54) is 18.2 Å². The number of sulfonamides is 1. The second-order valence-electron chi connectivity index (χ2n) is 4.31. The van der Waals surface area contributed by atoms with Crippen LogP contribution in [0.15, 0.2) is 23.1 Å². The monoisotopic (exact) mass is 284 g/mol. The number of nitrogens with one attached hydrogen (secondary N) is 2. The number of amides is 1. The molecule has 0 saturated carbocycles. The number of carbonyl (C=O) groups is 1. The third kappa shape index (κ3) is 2.87. The Hall–Kier alpha value is -1.60. The van der Waals surface area contributed by atoms with Crippen LogP contribution in [0, 0.1) is 0 Å². The molecule has 2 rings (SSSR count). The first kappa shape index (κ1) is 13.8. The van der Waals surface area contributed by atoms with Crippen molar-refractivity contribution < 1.29 is 17.9 Å². The van der Waals surface area contributed by atoms with E-state index in [1.54, 1.807) is 6.92 Å². The Kier molecular flexibility index (Phi) is 3.77. The molecule has 19 heavy (non-hydrogen) atoms. The van der Waals surface area contributed by atoms with Crippen LogP contribution >= 0.6 is 0 Å². The number of anilines is 1. The summed E-state index contributed by atoms with van der Waals surface area (Å²) < 4.78 is 31.8. The van der Waals surface area contributed by atoms with Crippen LogP contribution in [0.25, 0.3) is 0 Å². The van der Waals surface area contributed by atoms with Gasteiger partial charge in [0.1, 0.15) is 5.75 Å². The lowest BCUT2D eigenvalue weighted by Gasteiger charge is -2.23. The molecule has 1 aliphatic rings. The van der Waals surface area contributed by atoms with Gasteiger partial charge in [-0.1, -0.05) is 6.92 Å². The summed E-state index contributed by atoms with van der Waals surface area (Å²) in [5, 5.41) is 2.65. The summed E-state index contributed by atoms with van der Waals surface area (Å²) in [4.78, 5) is 11.5. The van der Waals surface area contributed by atoms with Crippen LogP contribution in [0.3, 0.4) is 0 Å². The molecule has 2 N–H and O–H groups in total. The fraction of sp³-hybridized carbons (Fsp3) is 0.417. The molecular formula is C12H16N2O4S. The number of benzene rings is 1. The molecule has 0 bridgehead atoms. The van der Waals surface area contributed by atoms with Gasteiger partial charge < -0.3 is 10.1 Å². The van der Waals surface area contributed by atoms with Crippen LogP contribution in [-0.2, 0) is 14.8 Å². The maximum atomic E-state index is 12.0. The highest BCUT2D eigenvalue weighted by atomic mass is 32.2. The fourth-order valence-electron chi connectivity index (χ4n) is 1.67. The molecule has 1 heterocycles. The van der Waals surface area contributed by atoms with Crippen LogP contribution in [0.2, 0.25) is 0 Å². The molecule has 0 spiro atoms. The van der Waals surface area contributed by atoms with Gasteiger partial charge in [-0.3, -0.25) is 4.79 Å². The Labute approximate surface area is 112 Å². The largest absolute Gasteiger partial charge is 0.479 e. The number of ether oxygens (including phenoxy) is 1. The first-order valence-electron chi connectivity index (χ1n) is 6.05. The fourth-order valence-corrected chi connectivity index (χ4v) is 2.82. The summed E-state index contributed by atoms with van der Waals surface area (Å²) in [5.74, 6) is 0.124. The molecule has 0 fully saturated rings. The second kappa shape index (κ2) is 5.18. The molecule has 0 aromatic heterocycles. The molecule has 104 valence electrons. The van der Waals surface area contributed by atoms with Crippen LogP contribution in [-0.4, -0.2) is 27.0 Å². The first-order chi connectivity index (χ1) is 8.94. The Morgan fingerprint density at radius 2 is 2.16 bits per heavy atom. The molecular weight excluding hydrogens is 268 g/mol. The molecule has 1 atom stereocenters. The van der Waals surface area contributed by atoms with Crippen LogP contribution in [0.1, 0.15) is 20.3 Å². The average molecular weight is 284 g/mol. The van der Waals surface area contributed by atoms with Gasteiger partial charge in [-0.15, -0.1) is 0 Å². The van der Waals surface area contributed by atoms with Crippen LogP contribution < -0.4 is 14.8 Å². The van der Waals surface area contributed by atoms with Gasteiger partial charge in [0.05, 0.1) is 10.6 Å². The van der Waals surface area contributed by atoms with Gasteiger partial charge in [0.15, 0.2) is 6.10 Å². The second-order valence-corrected chi connectivity index (χ2v) is 6.07. The van der Waals surface area contributed by atoms with Crippen molar-refractivity contribution in [1.29, 1.82) is 0 Å². The molecule has 7 heteroatoms. The molecule has 0 radical (unpaired) electrons. The Balaban J connectivity index is 2.31. The summed E-state index contributed by atoms with van der Waals surface area (Å²) in [6.45, 7) is 3.87. The van der Waals surface area contributed by atoms with Gasteiger partial charge in [0.25, 0.3) is 5.91 Å². The molecule has 0 aliphatic carbocycles. The molecule has 0 unspecified atom stereocenters. The van der Waals surface area contributed by atoms with E-state index in [2.05, 4.69) is 10.0 Å². The summed E-state index contributed by atoms with van der Waals surface area (Å²) in [6.07, 6.45) is 0.0855. The van der Waals surface area contributed by atoms with Crippen molar-refractivity contribution in [3.05, 3.63) is 18.2 Å². The van der Waals surface area contributed by atoms with Crippen molar-refractivity contribution in [3.8, 4) is 5.75 Å². The lowest BCUT2D eigenvalue weighted by Crippen LogP contribution is -2.34. The van der Waals surface area contributed by atoms with E-state index in [4.69, 9.17) is 4.74 Å². The van der Waals surface area contributed by atoms with Gasteiger partial charge in [0, 0.05) is 12.6 Å². The molecule has 1 aromatic carbocycles. The van der Waals surface area contributed by atoms with Gasteiger partial charge >= 0.3 is 0 Å². The highest BCUT2D eigenvalue weighted by Crippen LogP contribution is 2.31. The predicted molar refractivity (Wildman–Crippen MR) is 70.6 cm³/mol. The van der Waals surface area contributed by atoms with E-state index < -0.39 is 16.1 Å². The Morgan fingerprint density at radius 3 is 2.84 bits per heavy atom. The topological polar surface area (TPSA) is 84.5 Å². The maximum absolute atomic E-state index is 12.0. The van der Waals surface area contributed by atoms with Crippen LogP contribution in [0.5, 0.6) is 5.75 Å². The molecule has 1 aromatic rings. The number of carbonyl (C=O) groups excluding carboxylic acids is 1. The Bertz CT molecular complexity index is 598. The SMILES string of the molecule is CCCNS(=O)(=O)c1ccc2c(c1)O[C@H](C)C(=O)N2. The zero-order valence-corrected chi connectivity index (χ0v) is 11.6. The number of fused-ring (bicyclic) bond motifs is 1. The van der Waals surface area contributed by atoms with E-state index in [-0.39, 0.29) is 10.8 Å². The molecule has 6 nitrogen and oxygen atoms in total. The third-order valence-electron chi connectivity index (χ3n) is 2.74. The van der Waals surface area contributed by atoms with Crippen molar-refractivity contribution in [2.45, 2.75) is 31.3 Å². The standard InChI is InChI=1S/C12H16N2O4S/c1-3-6-13-19(16,17)9-4-5-10-11(7-9)18-8(2)12(15)14-10/h4-5,7-8,13H,3,6H2,1-2H3,(H,14,15)/t8-/m1/s1. The van der Waals surface area contributed by atoms with E-state index in [9.17, 15) is 13.2 Å². The highest BCUT2D eigenvalue weighted by molar-refractivity contribution is 7.89. The molecule has 1 amide bonds. The minimum atomic E-state index is -3.53. The zero-order valence-electron chi connectivity index (χ0n) is 10.8. The lowest BCUT2D eigenvalue weighted by molar-refractivity contribution is -0.122. The summed E-state index contributed by atoms with van der Waals surface area (Å²) in [6, 6.07) is 4.39. The zero-order chi connectivity index (χ0) is 14.0. The van der Waals surface area contributed by atoms with Crippen molar-refractivity contribution in [2.24, 2.45) is 0 Å². The van der Waals surface area contributed by atoms with Gasteiger partial charge in [-0.05, 0) is 25.5 Å². The van der Waals surface area contributed by atoms with Crippen molar-refractivity contribution in [1.82, 2.24) is 4.72 Å². The number of rotatable bonds is 4. The predicted octanol–water partition coefficient (Wildman–Crippen LogP) is 1.09. The summed E-state index contributed by atoms with van der Waals surface area (Å²) in [7, 11) is -3.53.